The normalized spacial score (nSPS) is 24.6. The molecule has 1 aromatic heterocycles. The molecule has 0 aliphatic carbocycles. The molecule has 4 atom stereocenters. The van der Waals surface area contributed by atoms with Crippen molar-refractivity contribution in [1.82, 2.24) is 15.3 Å². The van der Waals surface area contributed by atoms with Crippen LogP contribution in [-0.4, -0.2) is 59.3 Å². The van der Waals surface area contributed by atoms with E-state index in [1.807, 2.05) is 6.07 Å². The van der Waals surface area contributed by atoms with Crippen molar-refractivity contribution in [2.75, 3.05) is 23.8 Å². The van der Waals surface area contributed by atoms with Gasteiger partial charge in [0.15, 0.2) is 5.78 Å². The maximum absolute atomic E-state index is 12.4. The van der Waals surface area contributed by atoms with E-state index in [0.29, 0.717) is 30.4 Å². The van der Waals surface area contributed by atoms with Crippen LogP contribution in [0.2, 0.25) is 0 Å². The first-order valence-corrected chi connectivity index (χ1v) is 10.7. The van der Waals surface area contributed by atoms with E-state index in [1.54, 1.807) is 30.5 Å². The molecule has 9 heteroatoms. The quantitative estimate of drug-likeness (QED) is 0.614. The predicted molar refractivity (Wildman–Crippen MR) is 120 cm³/mol. The molecule has 1 aromatic carbocycles. The molecule has 0 spiro atoms. The number of fused-ring (bicyclic) bond motifs is 1. The fourth-order valence-electron chi connectivity index (χ4n) is 3.88. The number of hydrogen-bond donors (Lipinski definition) is 3. The fraction of sp³-hybridized carbons (Fsp3) is 0.478. The highest BCUT2D eigenvalue weighted by atomic mass is 16.6. The van der Waals surface area contributed by atoms with Gasteiger partial charge in [0.25, 0.3) is 0 Å². The lowest BCUT2D eigenvalue weighted by atomic mass is 9.92. The summed E-state index contributed by atoms with van der Waals surface area (Å²) in [5, 5.41) is 9.03. The Labute approximate surface area is 187 Å². The number of rotatable bonds is 5. The van der Waals surface area contributed by atoms with Gasteiger partial charge in [0, 0.05) is 22.9 Å². The number of hydrogen-bond acceptors (Lipinski definition) is 7. The van der Waals surface area contributed by atoms with Crippen LogP contribution in [-0.2, 0) is 14.9 Å². The number of anilines is 2. The van der Waals surface area contributed by atoms with Crippen molar-refractivity contribution in [3.8, 4) is 0 Å². The number of nitrogens with zero attached hydrogens (tertiary/aromatic N) is 2. The highest BCUT2D eigenvalue weighted by Gasteiger charge is 2.48. The number of Topliss-reactive ketones (excluding diaryl/α,β-unsaturated/α-hetero) is 1. The molecule has 32 heavy (non-hydrogen) atoms. The highest BCUT2D eigenvalue weighted by Crippen LogP contribution is 2.29. The molecular weight excluding hydrogens is 410 g/mol. The number of urea groups is 1. The standard InChI is InChI=1S/C23H29N5O4/c1-13(29)14-5-7-15(8-6-14)25-22(30)27-17-12-32-19-16(11-31-20(17)19)26-21-24-10-9-18(28-21)23(2,3)4/h5-10,16-17,19-20H,11-12H2,1-4H3,(H,24,26,28)(H2,25,27,30)/t16-,17-,19+,20+/m0/s1. The monoisotopic (exact) mass is 439 g/mol. The number of aromatic nitrogens is 2. The minimum atomic E-state index is -0.351. The van der Waals surface area contributed by atoms with E-state index in [0.717, 1.165) is 5.69 Å². The van der Waals surface area contributed by atoms with Crippen LogP contribution < -0.4 is 16.0 Å². The zero-order valence-corrected chi connectivity index (χ0v) is 18.7. The van der Waals surface area contributed by atoms with Crippen LogP contribution in [0.5, 0.6) is 0 Å². The van der Waals surface area contributed by atoms with Gasteiger partial charge >= 0.3 is 6.03 Å². The van der Waals surface area contributed by atoms with Crippen molar-refractivity contribution in [3.05, 3.63) is 47.8 Å². The number of ketones is 1. The minimum absolute atomic E-state index is 0.0211. The number of carbonyl (C=O) groups excluding carboxylic acids is 2. The van der Waals surface area contributed by atoms with Crippen LogP contribution in [0.25, 0.3) is 0 Å². The summed E-state index contributed by atoms with van der Waals surface area (Å²) < 4.78 is 11.9. The molecule has 2 amide bonds. The molecule has 9 nitrogen and oxygen atoms in total. The van der Waals surface area contributed by atoms with Crippen LogP contribution in [0.3, 0.4) is 0 Å². The van der Waals surface area contributed by atoms with Crippen molar-refractivity contribution in [2.45, 2.75) is 57.4 Å². The van der Waals surface area contributed by atoms with Gasteiger partial charge in [-0.25, -0.2) is 14.8 Å². The molecule has 2 aliphatic rings. The van der Waals surface area contributed by atoms with Gasteiger partial charge in [0.1, 0.15) is 12.2 Å². The molecule has 2 fully saturated rings. The molecule has 0 unspecified atom stereocenters. The third-order valence-corrected chi connectivity index (χ3v) is 5.66. The molecule has 4 rings (SSSR count). The average Bonchev–Trinajstić information content (AvgIpc) is 3.31. The SMILES string of the molecule is CC(=O)c1ccc(NC(=O)N[C@H]2CO[C@H]3[C@@H]2OC[C@@H]3Nc2nccc(C(C)(C)C)n2)cc1. The lowest BCUT2D eigenvalue weighted by Crippen LogP contribution is -2.46. The van der Waals surface area contributed by atoms with Crippen molar-refractivity contribution in [2.24, 2.45) is 0 Å². The third-order valence-electron chi connectivity index (χ3n) is 5.66. The van der Waals surface area contributed by atoms with Crippen molar-refractivity contribution in [3.63, 3.8) is 0 Å². The second kappa shape index (κ2) is 8.84. The van der Waals surface area contributed by atoms with E-state index in [4.69, 9.17) is 9.47 Å². The summed E-state index contributed by atoms with van der Waals surface area (Å²) in [6, 6.07) is 7.94. The van der Waals surface area contributed by atoms with Crippen LogP contribution in [0, 0.1) is 0 Å². The molecule has 0 saturated carbocycles. The molecule has 2 saturated heterocycles. The number of benzene rings is 1. The summed E-state index contributed by atoms with van der Waals surface area (Å²) in [6.07, 6.45) is 1.28. The molecule has 3 heterocycles. The van der Waals surface area contributed by atoms with Crippen LogP contribution in [0.15, 0.2) is 36.5 Å². The van der Waals surface area contributed by atoms with E-state index in [9.17, 15) is 9.59 Å². The maximum Gasteiger partial charge on any atom is 0.319 e. The second-order valence-corrected chi connectivity index (χ2v) is 9.20. The van der Waals surface area contributed by atoms with Gasteiger partial charge in [0.2, 0.25) is 5.95 Å². The zero-order chi connectivity index (χ0) is 22.9. The lowest BCUT2D eigenvalue weighted by Gasteiger charge is -2.21. The Bertz CT molecular complexity index is 989. The summed E-state index contributed by atoms with van der Waals surface area (Å²) in [7, 11) is 0. The molecule has 2 aliphatic heterocycles. The Morgan fingerprint density at radius 3 is 2.31 bits per heavy atom. The summed E-state index contributed by atoms with van der Waals surface area (Å²) >= 11 is 0. The Balaban J connectivity index is 1.33. The number of amides is 2. The molecule has 170 valence electrons. The smallest absolute Gasteiger partial charge is 0.319 e. The Kier molecular flexibility index (Phi) is 6.12. The third kappa shape index (κ3) is 4.89. The highest BCUT2D eigenvalue weighted by molar-refractivity contribution is 5.95. The number of ether oxygens (including phenoxy) is 2. The molecule has 3 N–H and O–H groups in total. The first kappa shape index (κ1) is 22.2. The second-order valence-electron chi connectivity index (χ2n) is 9.20. The number of carbonyl (C=O) groups is 2. The number of nitrogens with one attached hydrogen (secondary N) is 3. The van der Waals surface area contributed by atoms with Crippen molar-refractivity contribution >= 4 is 23.5 Å². The van der Waals surface area contributed by atoms with E-state index in [1.165, 1.54) is 6.92 Å². The summed E-state index contributed by atoms with van der Waals surface area (Å²) in [5.41, 5.74) is 2.07. The maximum atomic E-state index is 12.4. The van der Waals surface area contributed by atoms with Gasteiger partial charge in [-0.2, -0.15) is 0 Å². The first-order valence-electron chi connectivity index (χ1n) is 10.7. The van der Waals surface area contributed by atoms with Crippen molar-refractivity contribution < 1.29 is 19.1 Å². The zero-order valence-electron chi connectivity index (χ0n) is 18.7. The van der Waals surface area contributed by atoms with E-state index < -0.39 is 0 Å². The summed E-state index contributed by atoms with van der Waals surface area (Å²) in [4.78, 5) is 32.8. The minimum Gasteiger partial charge on any atom is -0.371 e. The van der Waals surface area contributed by atoms with Gasteiger partial charge in [0.05, 0.1) is 31.0 Å². The van der Waals surface area contributed by atoms with Crippen LogP contribution >= 0.6 is 0 Å². The molecular formula is C23H29N5O4. The lowest BCUT2D eigenvalue weighted by molar-refractivity contribution is 0.0683. The van der Waals surface area contributed by atoms with Gasteiger partial charge in [-0.1, -0.05) is 20.8 Å². The summed E-state index contributed by atoms with van der Waals surface area (Å²) in [6.45, 7) is 8.60. The van der Waals surface area contributed by atoms with Crippen LogP contribution in [0.1, 0.15) is 43.7 Å². The summed E-state index contributed by atoms with van der Waals surface area (Å²) in [5.74, 6) is 0.519. The largest absolute Gasteiger partial charge is 0.371 e. The first-order chi connectivity index (χ1) is 15.2. The molecule has 2 aromatic rings. The van der Waals surface area contributed by atoms with Crippen molar-refractivity contribution in [1.29, 1.82) is 0 Å². The van der Waals surface area contributed by atoms with Gasteiger partial charge in [-0.15, -0.1) is 0 Å². The van der Waals surface area contributed by atoms with Gasteiger partial charge in [-0.05, 0) is 37.3 Å². The van der Waals surface area contributed by atoms with E-state index in [-0.39, 0.29) is 41.5 Å². The van der Waals surface area contributed by atoms with E-state index in [2.05, 4.69) is 46.7 Å². The van der Waals surface area contributed by atoms with Gasteiger partial charge < -0.3 is 25.4 Å². The Hall–Kier alpha value is -3.04. The average molecular weight is 440 g/mol. The fourth-order valence-corrected chi connectivity index (χ4v) is 3.88. The molecule has 0 bridgehead atoms. The van der Waals surface area contributed by atoms with Crippen LogP contribution in [0.4, 0.5) is 16.4 Å². The molecule has 0 radical (unpaired) electrons. The Morgan fingerprint density at radius 2 is 1.66 bits per heavy atom. The van der Waals surface area contributed by atoms with Gasteiger partial charge in [-0.3, -0.25) is 4.79 Å². The topological polar surface area (TPSA) is 114 Å². The Morgan fingerprint density at radius 1 is 1.00 bits per heavy atom. The van der Waals surface area contributed by atoms with E-state index >= 15 is 0 Å². The predicted octanol–water partition coefficient (Wildman–Crippen LogP) is 2.75.